The molecule has 0 saturated carbocycles. The zero-order valence-corrected chi connectivity index (χ0v) is 15.8. The van der Waals surface area contributed by atoms with Crippen LogP contribution in [0, 0.1) is 12.7 Å². The fraction of sp³-hybridized carbons (Fsp3) is 0.111. The lowest BCUT2D eigenvalue weighted by molar-refractivity contribution is 0.174. The molecule has 9 heteroatoms. The third kappa shape index (κ3) is 4.29. The molecule has 2 aromatic heterocycles. The van der Waals surface area contributed by atoms with E-state index in [0.29, 0.717) is 16.3 Å². The highest BCUT2D eigenvalue weighted by atomic mass is 35.5. The lowest BCUT2D eigenvalue weighted by atomic mass is 10.1. The molecule has 0 aliphatic carbocycles. The van der Waals surface area contributed by atoms with Crippen LogP contribution in [0.4, 0.5) is 14.9 Å². The lowest BCUT2D eigenvalue weighted by Gasteiger charge is -2.10. The van der Waals surface area contributed by atoms with Crippen molar-refractivity contribution in [3.63, 3.8) is 0 Å². The van der Waals surface area contributed by atoms with Crippen molar-refractivity contribution in [1.29, 1.82) is 0 Å². The number of aryl methyl sites for hydroxylation is 1. The van der Waals surface area contributed by atoms with Gasteiger partial charge in [0, 0.05) is 11.8 Å². The van der Waals surface area contributed by atoms with E-state index in [4.69, 9.17) is 16.3 Å². The Morgan fingerprint density at radius 3 is 2.96 bits per heavy atom. The average Bonchev–Trinajstić information content (AvgIpc) is 3.03. The van der Waals surface area contributed by atoms with Crippen LogP contribution in [-0.2, 0) is 4.74 Å². The van der Waals surface area contributed by atoms with Gasteiger partial charge in [0.2, 0.25) is 5.28 Å². The van der Waals surface area contributed by atoms with Gasteiger partial charge in [0.05, 0.1) is 27.0 Å². The number of hydrogen-bond acceptors (Lipinski definition) is 6. The van der Waals surface area contributed by atoms with Crippen LogP contribution in [0.25, 0.3) is 21.8 Å². The van der Waals surface area contributed by atoms with Crippen LogP contribution in [0.15, 0.2) is 43.1 Å². The molecular formula is C18H14ClFN4O2S. The summed E-state index contributed by atoms with van der Waals surface area (Å²) < 4.78 is 19.9. The first kappa shape index (κ1) is 18.9. The number of carbonyl (C=O) groups is 1. The summed E-state index contributed by atoms with van der Waals surface area (Å²) in [5.74, 6) is -0.625. The smallest absolute Gasteiger partial charge is 0.412 e. The standard InChI is InChI=1S/C18H14ClFN4O2S/c1-3-9-26-18(25)24-12-6-4-5-11(14(12)20)15-16(27-10(2)22-15)13-7-8-21-17(19)23-13/h3-8H,1,9H2,2H3,(H,24,25). The molecule has 0 spiro atoms. The van der Waals surface area contributed by atoms with Crippen LogP contribution in [0.2, 0.25) is 5.28 Å². The molecule has 27 heavy (non-hydrogen) atoms. The summed E-state index contributed by atoms with van der Waals surface area (Å²) in [6, 6.07) is 6.31. The van der Waals surface area contributed by atoms with Gasteiger partial charge in [0.25, 0.3) is 0 Å². The second kappa shape index (κ2) is 8.24. The Balaban J connectivity index is 2.02. The van der Waals surface area contributed by atoms with E-state index >= 15 is 4.39 Å². The van der Waals surface area contributed by atoms with Crippen LogP contribution in [0.3, 0.4) is 0 Å². The van der Waals surface area contributed by atoms with Crippen LogP contribution in [-0.4, -0.2) is 27.7 Å². The van der Waals surface area contributed by atoms with Gasteiger partial charge < -0.3 is 4.74 Å². The van der Waals surface area contributed by atoms with Crippen LogP contribution in [0.1, 0.15) is 5.01 Å². The number of hydrogen-bond donors (Lipinski definition) is 1. The molecule has 138 valence electrons. The second-order valence-electron chi connectivity index (χ2n) is 5.30. The monoisotopic (exact) mass is 404 g/mol. The Hall–Kier alpha value is -2.84. The molecule has 3 rings (SSSR count). The van der Waals surface area contributed by atoms with Crippen molar-refractivity contribution in [3.8, 4) is 21.8 Å². The maximum atomic E-state index is 15.0. The van der Waals surface area contributed by atoms with Gasteiger partial charge in [-0.1, -0.05) is 18.7 Å². The first-order valence-electron chi connectivity index (χ1n) is 7.79. The SMILES string of the molecule is C=CCOC(=O)Nc1cccc(-c2nc(C)sc2-c2ccnc(Cl)n2)c1F. The van der Waals surface area contributed by atoms with Gasteiger partial charge in [-0.25, -0.2) is 24.1 Å². The fourth-order valence-electron chi connectivity index (χ4n) is 2.34. The summed E-state index contributed by atoms with van der Waals surface area (Å²) in [6.07, 6.45) is 2.17. The molecule has 0 saturated heterocycles. The number of rotatable bonds is 5. The average molecular weight is 405 g/mol. The third-order valence-electron chi connectivity index (χ3n) is 3.42. The summed E-state index contributed by atoms with van der Waals surface area (Å²) >= 11 is 7.24. The van der Waals surface area contributed by atoms with Gasteiger partial charge in [-0.05, 0) is 36.7 Å². The largest absolute Gasteiger partial charge is 0.445 e. The Morgan fingerprint density at radius 2 is 2.22 bits per heavy atom. The number of amides is 1. The topological polar surface area (TPSA) is 77.0 Å². The normalized spacial score (nSPS) is 10.5. The number of benzene rings is 1. The number of ether oxygens (including phenoxy) is 1. The zero-order chi connectivity index (χ0) is 19.4. The molecule has 0 atom stereocenters. The summed E-state index contributed by atoms with van der Waals surface area (Å²) in [7, 11) is 0. The first-order valence-corrected chi connectivity index (χ1v) is 8.99. The lowest BCUT2D eigenvalue weighted by Crippen LogP contribution is -2.14. The Morgan fingerprint density at radius 1 is 1.41 bits per heavy atom. The van der Waals surface area contributed by atoms with Gasteiger partial charge in [-0.2, -0.15) is 0 Å². The maximum Gasteiger partial charge on any atom is 0.412 e. The Labute approximate surface area is 163 Å². The van der Waals surface area contributed by atoms with Crippen molar-refractivity contribution < 1.29 is 13.9 Å². The molecule has 0 aliphatic rings. The molecule has 0 unspecified atom stereocenters. The van der Waals surface area contributed by atoms with Gasteiger partial charge >= 0.3 is 6.09 Å². The summed E-state index contributed by atoms with van der Waals surface area (Å²) in [5.41, 5.74) is 1.16. The number of aromatic nitrogens is 3. The van der Waals surface area contributed by atoms with Crippen molar-refractivity contribution >= 4 is 34.7 Å². The number of anilines is 1. The molecule has 0 radical (unpaired) electrons. The van der Waals surface area contributed by atoms with Crippen molar-refractivity contribution in [2.45, 2.75) is 6.92 Å². The minimum Gasteiger partial charge on any atom is -0.445 e. The highest BCUT2D eigenvalue weighted by molar-refractivity contribution is 7.15. The maximum absolute atomic E-state index is 15.0. The molecule has 6 nitrogen and oxygen atoms in total. The van der Waals surface area contributed by atoms with Gasteiger partial charge in [0.15, 0.2) is 5.82 Å². The zero-order valence-electron chi connectivity index (χ0n) is 14.2. The number of nitrogens with one attached hydrogen (secondary N) is 1. The van der Waals surface area contributed by atoms with Crippen LogP contribution >= 0.6 is 22.9 Å². The van der Waals surface area contributed by atoms with Crippen LogP contribution in [0.5, 0.6) is 0 Å². The predicted octanol–water partition coefficient (Wildman–Crippen LogP) is 5.10. The van der Waals surface area contributed by atoms with Crippen molar-refractivity contribution in [1.82, 2.24) is 15.0 Å². The molecular weight excluding hydrogens is 391 g/mol. The van der Waals surface area contributed by atoms with Crippen LogP contribution < -0.4 is 5.32 Å². The molecule has 2 heterocycles. The van der Waals surface area contributed by atoms with E-state index in [-0.39, 0.29) is 23.1 Å². The van der Waals surface area contributed by atoms with Crippen molar-refractivity contribution in [2.24, 2.45) is 0 Å². The molecule has 1 amide bonds. The molecule has 0 fully saturated rings. The number of halogens is 2. The van der Waals surface area contributed by atoms with Crippen molar-refractivity contribution in [3.05, 3.63) is 59.2 Å². The van der Waals surface area contributed by atoms with E-state index in [0.717, 1.165) is 5.01 Å². The number of carbonyl (C=O) groups excluding carboxylic acids is 1. The van der Waals surface area contributed by atoms with E-state index in [9.17, 15) is 4.79 Å². The van der Waals surface area contributed by atoms with E-state index in [1.54, 1.807) is 18.2 Å². The fourth-order valence-corrected chi connectivity index (χ4v) is 3.39. The summed E-state index contributed by atoms with van der Waals surface area (Å²) in [4.78, 5) is 24.8. The molecule has 1 N–H and O–H groups in total. The van der Waals surface area contributed by atoms with E-state index < -0.39 is 11.9 Å². The molecule has 1 aromatic carbocycles. The highest BCUT2D eigenvalue weighted by Gasteiger charge is 2.20. The quantitative estimate of drug-likeness (QED) is 0.472. The Kier molecular flexibility index (Phi) is 5.78. The first-order chi connectivity index (χ1) is 13.0. The minimum atomic E-state index is -0.775. The summed E-state index contributed by atoms with van der Waals surface area (Å²) in [5, 5.41) is 3.20. The molecule has 3 aromatic rings. The van der Waals surface area contributed by atoms with Gasteiger partial charge in [0.1, 0.15) is 6.61 Å². The molecule has 0 bridgehead atoms. The van der Waals surface area contributed by atoms with E-state index in [2.05, 4.69) is 26.8 Å². The van der Waals surface area contributed by atoms with E-state index in [1.807, 2.05) is 6.92 Å². The third-order valence-corrected chi connectivity index (χ3v) is 4.59. The van der Waals surface area contributed by atoms with Crippen molar-refractivity contribution in [2.75, 3.05) is 11.9 Å². The van der Waals surface area contributed by atoms with Gasteiger partial charge in [-0.3, -0.25) is 5.32 Å². The highest BCUT2D eigenvalue weighted by Crippen LogP contribution is 2.38. The van der Waals surface area contributed by atoms with E-state index in [1.165, 1.54) is 29.7 Å². The van der Waals surface area contributed by atoms with Gasteiger partial charge in [-0.15, -0.1) is 11.3 Å². The summed E-state index contributed by atoms with van der Waals surface area (Å²) in [6.45, 7) is 5.29. The number of thiazole rings is 1. The number of nitrogens with zero attached hydrogens (tertiary/aromatic N) is 3. The Bertz CT molecular complexity index is 1010. The molecule has 0 aliphatic heterocycles. The predicted molar refractivity (Wildman–Crippen MR) is 103 cm³/mol. The minimum absolute atomic E-state index is 0.0149. The second-order valence-corrected chi connectivity index (χ2v) is 6.84.